The lowest BCUT2D eigenvalue weighted by Crippen LogP contribution is -1.97. The van der Waals surface area contributed by atoms with Crippen LogP contribution in [-0.4, -0.2) is 22.5 Å². The van der Waals surface area contributed by atoms with Gasteiger partial charge in [-0.1, -0.05) is 23.4 Å². The highest BCUT2D eigenvalue weighted by atomic mass is 35.5. The Morgan fingerprint density at radius 2 is 2.06 bits per heavy atom. The molecule has 4 nitrogen and oxygen atoms in total. The molecule has 6 heteroatoms. The van der Waals surface area contributed by atoms with Gasteiger partial charge in [0.05, 0.1) is 5.56 Å². The Hall–Kier alpha value is -1.59. The number of thioether (sulfide) groups is 1. The maximum absolute atomic E-state index is 10.9. The number of hydrogen-bond donors (Lipinski definition) is 0. The first-order valence-electron chi connectivity index (χ1n) is 5.02. The number of aromatic nitrogens is 2. The monoisotopic (exact) mass is 280 g/mol. The summed E-state index contributed by atoms with van der Waals surface area (Å²) in [5.74, 6) is 0.805. The van der Waals surface area contributed by atoms with Gasteiger partial charge in [0, 0.05) is 11.2 Å². The number of benzene rings is 1. The normalized spacial score (nSPS) is 10.1. The van der Waals surface area contributed by atoms with Gasteiger partial charge in [-0.2, -0.15) is 4.98 Å². The van der Waals surface area contributed by atoms with Crippen molar-refractivity contribution in [2.75, 3.05) is 6.26 Å². The summed E-state index contributed by atoms with van der Waals surface area (Å²) in [6, 6.07) is 6.82. The van der Waals surface area contributed by atoms with Crippen molar-refractivity contribution in [3.05, 3.63) is 41.0 Å². The lowest BCUT2D eigenvalue weighted by Gasteiger charge is -2.07. The van der Waals surface area contributed by atoms with Crippen LogP contribution in [0.15, 0.2) is 35.6 Å². The largest absolute Gasteiger partial charge is 0.438 e. The van der Waals surface area contributed by atoms with Crippen LogP contribution in [0.1, 0.15) is 10.4 Å². The average molecular weight is 281 g/mol. The van der Waals surface area contributed by atoms with E-state index in [0.29, 0.717) is 27.8 Å². The number of nitrogens with zero attached hydrogens (tertiary/aromatic N) is 2. The van der Waals surface area contributed by atoms with Gasteiger partial charge in [0.15, 0.2) is 11.4 Å². The Labute approximate surface area is 113 Å². The standard InChI is InChI=1S/C12H9ClN2O2S/c1-18-12-14-6-8(7-16)11(15-12)17-10-4-2-9(13)3-5-10/h2-7H,1H3. The van der Waals surface area contributed by atoms with Crippen molar-refractivity contribution < 1.29 is 9.53 Å². The summed E-state index contributed by atoms with van der Waals surface area (Å²) >= 11 is 7.16. The van der Waals surface area contributed by atoms with E-state index in [4.69, 9.17) is 16.3 Å². The molecule has 0 fully saturated rings. The molecule has 0 radical (unpaired) electrons. The minimum Gasteiger partial charge on any atom is -0.438 e. The Morgan fingerprint density at radius 3 is 2.67 bits per heavy atom. The molecule has 0 N–H and O–H groups in total. The second-order valence-corrected chi connectivity index (χ2v) is 4.50. The fourth-order valence-electron chi connectivity index (χ4n) is 1.24. The van der Waals surface area contributed by atoms with E-state index in [2.05, 4.69) is 9.97 Å². The predicted octanol–water partition coefficient (Wildman–Crippen LogP) is 3.46. The third kappa shape index (κ3) is 3.00. The second kappa shape index (κ2) is 5.84. The van der Waals surface area contributed by atoms with Crippen molar-refractivity contribution in [2.24, 2.45) is 0 Å². The Morgan fingerprint density at radius 1 is 1.33 bits per heavy atom. The summed E-state index contributed by atoms with van der Waals surface area (Å²) in [5.41, 5.74) is 0.308. The zero-order chi connectivity index (χ0) is 13.0. The highest BCUT2D eigenvalue weighted by molar-refractivity contribution is 7.98. The zero-order valence-electron chi connectivity index (χ0n) is 9.46. The van der Waals surface area contributed by atoms with Crippen molar-refractivity contribution in [2.45, 2.75) is 5.16 Å². The summed E-state index contributed by atoms with van der Waals surface area (Å²) in [7, 11) is 0. The molecule has 0 atom stereocenters. The van der Waals surface area contributed by atoms with Gasteiger partial charge in [0.25, 0.3) is 0 Å². The quantitative estimate of drug-likeness (QED) is 0.488. The lowest BCUT2D eigenvalue weighted by molar-refractivity contribution is 0.112. The SMILES string of the molecule is CSc1ncc(C=O)c(Oc2ccc(Cl)cc2)n1. The fraction of sp³-hybridized carbons (Fsp3) is 0.0833. The van der Waals surface area contributed by atoms with Crippen LogP contribution in [-0.2, 0) is 0 Å². The highest BCUT2D eigenvalue weighted by Gasteiger charge is 2.08. The van der Waals surface area contributed by atoms with Crippen molar-refractivity contribution in [1.82, 2.24) is 9.97 Å². The third-order valence-electron chi connectivity index (χ3n) is 2.10. The molecule has 1 heterocycles. The van der Waals surface area contributed by atoms with E-state index in [9.17, 15) is 4.79 Å². The summed E-state index contributed by atoms with van der Waals surface area (Å²) in [6.45, 7) is 0. The van der Waals surface area contributed by atoms with E-state index in [0.717, 1.165) is 0 Å². The van der Waals surface area contributed by atoms with E-state index in [-0.39, 0.29) is 5.88 Å². The van der Waals surface area contributed by atoms with Gasteiger partial charge >= 0.3 is 0 Å². The predicted molar refractivity (Wildman–Crippen MR) is 70.7 cm³/mol. The molecule has 2 rings (SSSR count). The molecule has 92 valence electrons. The molecule has 0 saturated heterocycles. The van der Waals surface area contributed by atoms with Gasteiger partial charge in [-0.3, -0.25) is 4.79 Å². The molecule has 0 aliphatic carbocycles. The van der Waals surface area contributed by atoms with Gasteiger partial charge in [-0.05, 0) is 30.5 Å². The summed E-state index contributed by atoms with van der Waals surface area (Å²) in [5, 5.41) is 1.16. The van der Waals surface area contributed by atoms with Crippen LogP contribution in [0.3, 0.4) is 0 Å². The van der Waals surface area contributed by atoms with Crippen LogP contribution in [0.25, 0.3) is 0 Å². The molecule has 0 unspecified atom stereocenters. The van der Waals surface area contributed by atoms with Crippen LogP contribution in [0.4, 0.5) is 0 Å². The smallest absolute Gasteiger partial charge is 0.233 e. The lowest BCUT2D eigenvalue weighted by atomic mass is 10.3. The van der Waals surface area contributed by atoms with Crippen LogP contribution < -0.4 is 4.74 Å². The molecular formula is C12H9ClN2O2S. The van der Waals surface area contributed by atoms with Crippen molar-refractivity contribution in [1.29, 1.82) is 0 Å². The summed E-state index contributed by atoms with van der Waals surface area (Å²) in [6.07, 6.45) is 3.95. The molecule has 2 aromatic rings. The Balaban J connectivity index is 2.31. The van der Waals surface area contributed by atoms with Crippen LogP contribution in [0.2, 0.25) is 5.02 Å². The molecule has 0 saturated carbocycles. The number of rotatable bonds is 4. The minimum atomic E-state index is 0.242. The van der Waals surface area contributed by atoms with E-state index in [1.807, 2.05) is 6.26 Å². The molecular weight excluding hydrogens is 272 g/mol. The third-order valence-corrected chi connectivity index (χ3v) is 2.91. The van der Waals surface area contributed by atoms with Gasteiger partial charge in [0.1, 0.15) is 5.75 Å². The average Bonchev–Trinajstić information content (AvgIpc) is 2.41. The first-order valence-corrected chi connectivity index (χ1v) is 6.63. The molecule has 1 aromatic carbocycles. The van der Waals surface area contributed by atoms with Crippen molar-refractivity contribution >= 4 is 29.6 Å². The van der Waals surface area contributed by atoms with Gasteiger partial charge < -0.3 is 4.74 Å². The van der Waals surface area contributed by atoms with Crippen molar-refractivity contribution in [3.63, 3.8) is 0 Å². The Bertz CT molecular complexity index is 561. The van der Waals surface area contributed by atoms with Crippen LogP contribution in [0, 0.1) is 0 Å². The van der Waals surface area contributed by atoms with E-state index < -0.39 is 0 Å². The Kier molecular flexibility index (Phi) is 4.17. The maximum atomic E-state index is 10.9. The van der Waals surface area contributed by atoms with Gasteiger partial charge in [-0.15, -0.1) is 0 Å². The zero-order valence-corrected chi connectivity index (χ0v) is 11.0. The molecule has 0 spiro atoms. The molecule has 0 aliphatic rings. The second-order valence-electron chi connectivity index (χ2n) is 3.29. The molecule has 1 aromatic heterocycles. The summed E-state index contributed by atoms with van der Waals surface area (Å²) in [4.78, 5) is 19.0. The first kappa shape index (κ1) is 12.9. The minimum absolute atomic E-state index is 0.242. The number of aldehydes is 1. The molecule has 0 bridgehead atoms. The molecule has 0 amide bonds. The first-order chi connectivity index (χ1) is 8.72. The maximum Gasteiger partial charge on any atom is 0.233 e. The molecule has 0 aliphatic heterocycles. The number of ether oxygens (including phenoxy) is 1. The van der Waals surface area contributed by atoms with Gasteiger partial charge in [-0.25, -0.2) is 4.98 Å². The van der Waals surface area contributed by atoms with Crippen LogP contribution >= 0.6 is 23.4 Å². The van der Waals surface area contributed by atoms with Crippen molar-refractivity contribution in [3.8, 4) is 11.6 Å². The molecule has 18 heavy (non-hydrogen) atoms. The number of hydrogen-bond acceptors (Lipinski definition) is 5. The number of carbonyl (C=O) groups is 1. The highest BCUT2D eigenvalue weighted by Crippen LogP contribution is 2.25. The van der Waals surface area contributed by atoms with E-state index in [1.54, 1.807) is 24.3 Å². The van der Waals surface area contributed by atoms with E-state index >= 15 is 0 Å². The number of carbonyl (C=O) groups excluding carboxylic acids is 1. The summed E-state index contributed by atoms with van der Waals surface area (Å²) < 4.78 is 5.54. The number of halogens is 1. The van der Waals surface area contributed by atoms with Crippen LogP contribution in [0.5, 0.6) is 11.6 Å². The topological polar surface area (TPSA) is 52.1 Å². The van der Waals surface area contributed by atoms with Gasteiger partial charge in [0.2, 0.25) is 5.88 Å². The van der Waals surface area contributed by atoms with E-state index in [1.165, 1.54) is 18.0 Å². The fourth-order valence-corrected chi connectivity index (χ4v) is 1.69.